The van der Waals surface area contributed by atoms with Gasteiger partial charge in [0.1, 0.15) is 5.52 Å². The van der Waals surface area contributed by atoms with Crippen molar-refractivity contribution < 1.29 is 4.57 Å². The first-order valence-corrected chi connectivity index (χ1v) is 27.2. The number of aryl methyl sites for hydroxylation is 2. The topological polar surface area (TPSA) is 16.5 Å². The summed E-state index contributed by atoms with van der Waals surface area (Å²) in [7, 11) is 2.23. The minimum Gasteiger partial charge on any atom is -0.310 e. The predicted octanol–water partition coefficient (Wildman–Crippen LogP) is 15.6. The number of benzene rings is 8. The molecule has 73 heavy (non-hydrogen) atoms. The Bertz CT molecular complexity index is 4310. The Labute approximate surface area is 434 Å². The Morgan fingerprint density at radius 1 is 0.479 bits per heavy atom. The van der Waals surface area contributed by atoms with E-state index in [9.17, 15) is 0 Å². The van der Waals surface area contributed by atoms with Gasteiger partial charge in [0.25, 0.3) is 12.4 Å². The van der Waals surface area contributed by atoms with Crippen LogP contribution in [0.2, 0.25) is 0 Å². The molecule has 14 rings (SSSR count). The molecule has 3 aliphatic rings. The smallest absolute Gasteiger partial charge is 0.295 e. The fraction of sp³-hybridized carbons (Fsp3) is 0.269. The number of para-hydroxylation sites is 2. The molecule has 0 bridgehead atoms. The second kappa shape index (κ2) is 14.5. The summed E-state index contributed by atoms with van der Waals surface area (Å²) in [4.78, 5) is 5.33. The number of rotatable bonds is 1. The maximum atomic E-state index is 2.68. The van der Waals surface area contributed by atoms with Crippen molar-refractivity contribution in [3.63, 3.8) is 0 Å². The SMILES string of the molecule is Cc1cccc2c3ccc(-c4cc5c6c(c4)-n4c7ccc(C(C)(C)C)cc7c7cc(C(C)(C)C)cc(c74)B6c4cc(C(C)(C)C)cc6c4N5c4ccc(C(C)(C)C)cc4S6)cc3n3c4ccccc4[n+](C)c3c12. The maximum absolute atomic E-state index is 2.68. The summed E-state index contributed by atoms with van der Waals surface area (Å²) in [6.07, 6.45) is 0. The summed E-state index contributed by atoms with van der Waals surface area (Å²) in [5.74, 6) is 0. The van der Waals surface area contributed by atoms with Gasteiger partial charge in [-0.25, -0.2) is 4.57 Å². The second-order valence-corrected chi connectivity index (χ2v) is 26.9. The van der Waals surface area contributed by atoms with E-state index in [4.69, 9.17) is 0 Å². The van der Waals surface area contributed by atoms with Crippen molar-refractivity contribution in [2.24, 2.45) is 7.05 Å². The molecular formula is C67H64BN4S+. The van der Waals surface area contributed by atoms with Crippen LogP contribution in [0.4, 0.5) is 17.1 Å². The quantitative estimate of drug-likeness (QED) is 0.0926. The fourth-order valence-electron chi connectivity index (χ4n) is 13.0. The largest absolute Gasteiger partial charge is 0.310 e. The molecular weight excluding hydrogens is 904 g/mol. The molecule has 0 aliphatic carbocycles. The molecule has 0 radical (unpaired) electrons. The third kappa shape index (κ3) is 6.20. The summed E-state index contributed by atoms with van der Waals surface area (Å²) >= 11 is 1.97. The van der Waals surface area contributed by atoms with E-state index >= 15 is 0 Å². The third-order valence-corrected chi connectivity index (χ3v) is 18.1. The van der Waals surface area contributed by atoms with Gasteiger partial charge in [-0.15, -0.1) is 0 Å². The van der Waals surface area contributed by atoms with Crippen LogP contribution in [0.15, 0.2) is 143 Å². The molecule has 3 aromatic heterocycles. The van der Waals surface area contributed by atoms with Crippen LogP contribution in [0.5, 0.6) is 0 Å². The highest BCUT2D eigenvalue weighted by molar-refractivity contribution is 7.99. The van der Waals surface area contributed by atoms with Gasteiger partial charge in [0, 0.05) is 48.2 Å². The van der Waals surface area contributed by atoms with Crippen LogP contribution < -0.4 is 25.9 Å². The van der Waals surface area contributed by atoms with Gasteiger partial charge in [0.2, 0.25) is 0 Å². The number of imidazole rings is 1. The van der Waals surface area contributed by atoms with Gasteiger partial charge >= 0.3 is 0 Å². The zero-order valence-corrected chi connectivity index (χ0v) is 45.8. The Hall–Kier alpha value is -6.76. The first kappa shape index (κ1) is 44.9. The number of anilines is 3. The summed E-state index contributed by atoms with van der Waals surface area (Å²) in [5, 5.41) is 6.53. The van der Waals surface area contributed by atoms with Gasteiger partial charge < -0.3 is 9.47 Å². The first-order chi connectivity index (χ1) is 34.6. The lowest BCUT2D eigenvalue weighted by molar-refractivity contribution is -0.617. The molecule has 11 aromatic rings. The highest BCUT2D eigenvalue weighted by atomic mass is 32.2. The number of hydrogen-bond donors (Lipinski definition) is 0. The van der Waals surface area contributed by atoms with Crippen molar-refractivity contribution >= 4 is 112 Å². The Kier molecular flexibility index (Phi) is 8.92. The van der Waals surface area contributed by atoms with Crippen LogP contribution in [-0.4, -0.2) is 15.7 Å². The highest BCUT2D eigenvalue weighted by Crippen LogP contribution is 2.55. The number of pyridine rings is 1. The molecule has 0 fully saturated rings. The van der Waals surface area contributed by atoms with Crippen LogP contribution in [0.25, 0.3) is 77.0 Å². The van der Waals surface area contributed by atoms with E-state index in [-0.39, 0.29) is 28.4 Å². The van der Waals surface area contributed by atoms with Gasteiger partial charge in [0.05, 0.1) is 29.3 Å². The van der Waals surface area contributed by atoms with Crippen molar-refractivity contribution in [3.05, 3.63) is 161 Å². The monoisotopic (exact) mass is 967 g/mol. The average molecular weight is 968 g/mol. The lowest BCUT2D eigenvalue weighted by atomic mass is 9.33. The molecule has 0 amide bonds. The van der Waals surface area contributed by atoms with E-state index in [0.717, 1.165) is 0 Å². The Balaban J connectivity index is 1.15. The van der Waals surface area contributed by atoms with Gasteiger partial charge in [-0.3, -0.25) is 0 Å². The van der Waals surface area contributed by atoms with E-state index < -0.39 is 0 Å². The van der Waals surface area contributed by atoms with Gasteiger partial charge in [-0.1, -0.05) is 156 Å². The number of aromatic nitrogens is 3. The van der Waals surface area contributed by atoms with Crippen LogP contribution >= 0.6 is 11.8 Å². The van der Waals surface area contributed by atoms with E-state index in [1.54, 1.807) is 0 Å². The summed E-state index contributed by atoms with van der Waals surface area (Å²) in [6, 6.07) is 53.0. The molecule has 6 heteroatoms. The first-order valence-electron chi connectivity index (χ1n) is 26.4. The summed E-state index contributed by atoms with van der Waals surface area (Å²) < 4.78 is 7.60. The molecule has 0 spiro atoms. The minimum atomic E-state index is -0.0612. The minimum absolute atomic E-state index is 0.00304. The van der Waals surface area contributed by atoms with E-state index in [1.165, 1.54) is 148 Å². The fourth-order valence-corrected chi connectivity index (χ4v) is 14.1. The molecule has 360 valence electrons. The van der Waals surface area contributed by atoms with Gasteiger partial charge in [0.15, 0.2) is 11.0 Å². The standard InChI is InChI=1S/C67H64BN4S/c1-37-18-17-19-45-44-25-22-38(28-54(44)72-52-21-16-15-20-51(52)69(14)63(72)59(37)45)39-29-55-60-56(30-39)71-53-27-24-41(65(5,6)7)35-57(53)73-58-36-43(67(11,12)13)34-49(62(58)71)68(60)48-33-42(66(8,9)10)32-47-46-31-40(64(2,3)4)23-26-50(46)70(55)61(47)48/h15-36H,1-14H3/q+1. The van der Waals surface area contributed by atoms with Crippen molar-refractivity contribution in [1.82, 2.24) is 8.97 Å². The van der Waals surface area contributed by atoms with Crippen molar-refractivity contribution in [2.45, 2.75) is 121 Å². The Morgan fingerprint density at radius 3 is 1.89 bits per heavy atom. The summed E-state index contributed by atoms with van der Waals surface area (Å²) in [6.45, 7) is 30.6. The van der Waals surface area contributed by atoms with Gasteiger partial charge in [-0.05, 0) is 157 Å². The van der Waals surface area contributed by atoms with Crippen LogP contribution in [0.1, 0.15) is 111 Å². The second-order valence-electron chi connectivity index (χ2n) is 25.9. The summed E-state index contributed by atoms with van der Waals surface area (Å²) in [5.41, 5.74) is 25.9. The van der Waals surface area contributed by atoms with Crippen LogP contribution in [0, 0.1) is 6.92 Å². The number of nitrogens with zero attached hydrogens (tertiary/aromatic N) is 4. The predicted molar refractivity (Wildman–Crippen MR) is 314 cm³/mol. The Morgan fingerprint density at radius 2 is 1.14 bits per heavy atom. The van der Waals surface area contributed by atoms with Crippen molar-refractivity contribution in [3.8, 4) is 16.8 Å². The molecule has 3 aliphatic heterocycles. The normalized spacial score (nSPS) is 14.3. The average Bonchev–Trinajstić information content (AvgIpc) is 3.85. The van der Waals surface area contributed by atoms with E-state index in [0.29, 0.717) is 0 Å². The molecule has 0 N–H and O–H groups in total. The molecule has 8 aromatic carbocycles. The van der Waals surface area contributed by atoms with Crippen molar-refractivity contribution in [2.75, 3.05) is 4.90 Å². The van der Waals surface area contributed by atoms with E-state index in [2.05, 4.69) is 249 Å². The number of hydrogen-bond acceptors (Lipinski definition) is 2. The molecule has 0 unspecified atom stereocenters. The third-order valence-electron chi connectivity index (χ3n) is 17.0. The zero-order valence-electron chi connectivity index (χ0n) is 45.0. The molecule has 6 heterocycles. The lowest BCUT2D eigenvalue weighted by Crippen LogP contribution is -2.61. The van der Waals surface area contributed by atoms with Gasteiger partial charge in [-0.2, -0.15) is 4.40 Å². The zero-order chi connectivity index (χ0) is 50.7. The molecule has 0 saturated carbocycles. The van der Waals surface area contributed by atoms with Crippen LogP contribution in [-0.2, 0) is 28.7 Å². The number of fused-ring (bicyclic) bond motifs is 17. The molecule has 4 nitrogen and oxygen atoms in total. The maximum Gasteiger partial charge on any atom is 0.295 e. The van der Waals surface area contributed by atoms with E-state index in [1.807, 2.05) is 11.8 Å². The lowest BCUT2D eigenvalue weighted by Gasteiger charge is -2.45. The molecule has 0 saturated heterocycles. The molecule has 0 atom stereocenters. The van der Waals surface area contributed by atoms with Crippen LogP contribution in [0.3, 0.4) is 0 Å². The highest BCUT2D eigenvalue weighted by Gasteiger charge is 2.46. The van der Waals surface area contributed by atoms with Crippen molar-refractivity contribution in [1.29, 1.82) is 0 Å².